The number of benzene rings is 1. The predicted molar refractivity (Wildman–Crippen MR) is 88.1 cm³/mol. The molecule has 0 aliphatic carbocycles. The third-order valence-corrected chi connectivity index (χ3v) is 5.12. The highest BCUT2D eigenvalue weighted by Gasteiger charge is 2.17. The van der Waals surface area contributed by atoms with E-state index in [4.69, 9.17) is 0 Å². The standard InChI is InChI=1S/C16H20BrNS/c1-4-10-18-16(14-8-9-15(17)19-14)13-7-5-6-11(2)12(13)3/h5-9,16,18H,4,10H2,1-3H3. The van der Waals surface area contributed by atoms with Crippen molar-refractivity contribution in [3.05, 3.63) is 55.7 Å². The van der Waals surface area contributed by atoms with Crippen LogP contribution in [0.2, 0.25) is 0 Å². The second-order valence-electron chi connectivity index (χ2n) is 4.82. The molecule has 2 rings (SSSR count). The summed E-state index contributed by atoms with van der Waals surface area (Å²) in [7, 11) is 0. The number of hydrogen-bond acceptors (Lipinski definition) is 2. The number of aryl methyl sites for hydroxylation is 1. The van der Waals surface area contributed by atoms with Gasteiger partial charge in [-0.25, -0.2) is 0 Å². The highest BCUT2D eigenvalue weighted by atomic mass is 79.9. The molecule has 2 aromatic rings. The van der Waals surface area contributed by atoms with Gasteiger partial charge in [0, 0.05) is 4.88 Å². The summed E-state index contributed by atoms with van der Waals surface area (Å²) >= 11 is 5.37. The molecule has 3 heteroatoms. The maximum absolute atomic E-state index is 3.67. The van der Waals surface area contributed by atoms with Crippen molar-refractivity contribution in [2.24, 2.45) is 0 Å². The van der Waals surface area contributed by atoms with E-state index < -0.39 is 0 Å². The fourth-order valence-electron chi connectivity index (χ4n) is 2.22. The van der Waals surface area contributed by atoms with Crippen LogP contribution in [0.5, 0.6) is 0 Å². The minimum Gasteiger partial charge on any atom is -0.306 e. The van der Waals surface area contributed by atoms with E-state index >= 15 is 0 Å². The number of rotatable bonds is 5. The molecule has 1 unspecified atom stereocenters. The van der Waals surface area contributed by atoms with Crippen LogP contribution in [0.3, 0.4) is 0 Å². The van der Waals surface area contributed by atoms with Gasteiger partial charge < -0.3 is 5.32 Å². The van der Waals surface area contributed by atoms with Gasteiger partial charge in [-0.05, 0) is 71.6 Å². The molecule has 102 valence electrons. The monoisotopic (exact) mass is 337 g/mol. The molecule has 19 heavy (non-hydrogen) atoms. The molecule has 1 N–H and O–H groups in total. The van der Waals surface area contributed by atoms with Crippen molar-refractivity contribution in [1.29, 1.82) is 0 Å². The Morgan fingerprint density at radius 3 is 2.63 bits per heavy atom. The second kappa shape index (κ2) is 6.69. The van der Waals surface area contributed by atoms with Crippen LogP contribution in [0.4, 0.5) is 0 Å². The van der Waals surface area contributed by atoms with E-state index in [1.54, 1.807) is 0 Å². The van der Waals surface area contributed by atoms with Crippen LogP contribution in [0.1, 0.15) is 41.0 Å². The normalized spacial score (nSPS) is 12.6. The van der Waals surface area contributed by atoms with Gasteiger partial charge in [0.05, 0.1) is 9.83 Å². The van der Waals surface area contributed by atoms with Crippen molar-refractivity contribution >= 4 is 27.3 Å². The Bertz CT molecular complexity index is 547. The Morgan fingerprint density at radius 2 is 2.00 bits per heavy atom. The third-order valence-electron chi connectivity index (χ3n) is 3.43. The van der Waals surface area contributed by atoms with Crippen molar-refractivity contribution in [2.75, 3.05) is 6.54 Å². The van der Waals surface area contributed by atoms with E-state index in [1.165, 1.54) is 25.4 Å². The summed E-state index contributed by atoms with van der Waals surface area (Å²) in [6, 6.07) is 11.2. The summed E-state index contributed by atoms with van der Waals surface area (Å²) in [5.41, 5.74) is 4.14. The molecular weight excluding hydrogens is 318 g/mol. The summed E-state index contributed by atoms with van der Waals surface area (Å²) in [6.07, 6.45) is 1.15. The topological polar surface area (TPSA) is 12.0 Å². The Kier molecular flexibility index (Phi) is 5.20. The molecule has 0 radical (unpaired) electrons. The van der Waals surface area contributed by atoms with E-state index in [9.17, 15) is 0 Å². The molecule has 0 saturated heterocycles. The van der Waals surface area contributed by atoms with E-state index in [2.05, 4.69) is 72.3 Å². The smallest absolute Gasteiger partial charge is 0.0702 e. The van der Waals surface area contributed by atoms with Crippen molar-refractivity contribution in [1.82, 2.24) is 5.32 Å². The molecule has 0 aliphatic heterocycles. The zero-order chi connectivity index (χ0) is 13.8. The molecule has 0 saturated carbocycles. The SMILES string of the molecule is CCCNC(c1ccc(Br)s1)c1cccc(C)c1C. The summed E-state index contributed by atoms with van der Waals surface area (Å²) in [6.45, 7) is 7.64. The van der Waals surface area contributed by atoms with Gasteiger partial charge in [-0.2, -0.15) is 0 Å². The van der Waals surface area contributed by atoms with Crippen LogP contribution in [0.15, 0.2) is 34.1 Å². The summed E-state index contributed by atoms with van der Waals surface area (Å²) in [5, 5.41) is 3.67. The lowest BCUT2D eigenvalue weighted by Crippen LogP contribution is -2.23. The van der Waals surface area contributed by atoms with Gasteiger partial charge in [0.25, 0.3) is 0 Å². The third kappa shape index (κ3) is 3.47. The Labute approximate surface area is 128 Å². The number of nitrogens with one attached hydrogen (secondary N) is 1. The fraction of sp³-hybridized carbons (Fsp3) is 0.375. The largest absolute Gasteiger partial charge is 0.306 e. The molecule has 1 aromatic heterocycles. The zero-order valence-electron chi connectivity index (χ0n) is 11.7. The van der Waals surface area contributed by atoms with Crippen LogP contribution < -0.4 is 5.32 Å². The highest BCUT2D eigenvalue weighted by Crippen LogP contribution is 2.33. The minimum atomic E-state index is 0.302. The predicted octanol–water partition coefficient (Wildman–Crippen LogP) is 5.22. The maximum atomic E-state index is 3.67. The molecular formula is C16H20BrNS. The van der Waals surface area contributed by atoms with E-state index in [0.29, 0.717) is 6.04 Å². The quantitative estimate of drug-likeness (QED) is 0.788. The summed E-state index contributed by atoms with van der Waals surface area (Å²) < 4.78 is 1.19. The first-order valence-corrected chi connectivity index (χ1v) is 8.29. The average molecular weight is 338 g/mol. The van der Waals surface area contributed by atoms with E-state index in [-0.39, 0.29) is 0 Å². The minimum absolute atomic E-state index is 0.302. The molecule has 0 fully saturated rings. The van der Waals surface area contributed by atoms with Gasteiger partial charge in [0.2, 0.25) is 0 Å². The van der Waals surface area contributed by atoms with Gasteiger partial charge in [0.15, 0.2) is 0 Å². The Balaban J connectivity index is 2.39. The Hall–Kier alpha value is -0.640. The maximum Gasteiger partial charge on any atom is 0.0702 e. The van der Waals surface area contributed by atoms with Crippen LogP contribution in [0, 0.1) is 13.8 Å². The van der Waals surface area contributed by atoms with Gasteiger partial charge in [-0.3, -0.25) is 0 Å². The molecule has 0 amide bonds. The fourth-order valence-corrected chi connectivity index (χ4v) is 3.74. The van der Waals surface area contributed by atoms with Gasteiger partial charge in [-0.15, -0.1) is 11.3 Å². The first kappa shape index (κ1) is 14.8. The van der Waals surface area contributed by atoms with Crippen molar-refractivity contribution in [2.45, 2.75) is 33.2 Å². The van der Waals surface area contributed by atoms with Gasteiger partial charge in [0.1, 0.15) is 0 Å². The summed E-state index contributed by atoms with van der Waals surface area (Å²) in [4.78, 5) is 1.37. The van der Waals surface area contributed by atoms with Crippen molar-refractivity contribution in [3.63, 3.8) is 0 Å². The van der Waals surface area contributed by atoms with Crippen LogP contribution in [-0.4, -0.2) is 6.54 Å². The van der Waals surface area contributed by atoms with Gasteiger partial charge >= 0.3 is 0 Å². The Morgan fingerprint density at radius 1 is 1.21 bits per heavy atom. The number of thiophene rings is 1. The molecule has 1 nitrogen and oxygen atoms in total. The van der Waals surface area contributed by atoms with Crippen molar-refractivity contribution < 1.29 is 0 Å². The highest BCUT2D eigenvalue weighted by molar-refractivity contribution is 9.11. The first-order valence-electron chi connectivity index (χ1n) is 6.68. The first-order chi connectivity index (χ1) is 9.13. The van der Waals surface area contributed by atoms with Crippen molar-refractivity contribution in [3.8, 4) is 0 Å². The van der Waals surface area contributed by atoms with Crippen LogP contribution in [0.25, 0.3) is 0 Å². The summed E-state index contributed by atoms with van der Waals surface area (Å²) in [5.74, 6) is 0. The average Bonchev–Trinajstić information content (AvgIpc) is 2.81. The lowest BCUT2D eigenvalue weighted by atomic mass is 9.96. The molecule has 1 aromatic carbocycles. The number of hydrogen-bond donors (Lipinski definition) is 1. The van der Waals surface area contributed by atoms with Crippen LogP contribution in [-0.2, 0) is 0 Å². The lowest BCUT2D eigenvalue weighted by molar-refractivity contribution is 0.603. The molecule has 0 bridgehead atoms. The van der Waals surface area contributed by atoms with Crippen LogP contribution >= 0.6 is 27.3 Å². The van der Waals surface area contributed by atoms with Gasteiger partial charge in [-0.1, -0.05) is 25.1 Å². The second-order valence-corrected chi connectivity index (χ2v) is 7.31. The zero-order valence-corrected chi connectivity index (χ0v) is 14.1. The number of halogens is 1. The molecule has 0 spiro atoms. The van der Waals surface area contributed by atoms with E-state index in [0.717, 1.165) is 13.0 Å². The lowest BCUT2D eigenvalue weighted by Gasteiger charge is -2.20. The molecule has 1 atom stereocenters. The molecule has 1 heterocycles. The molecule has 0 aliphatic rings. The van der Waals surface area contributed by atoms with E-state index in [1.807, 2.05) is 11.3 Å².